The Bertz CT molecular complexity index is 364. The maximum absolute atomic E-state index is 6.06. The van der Waals surface area contributed by atoms with E-state index >= 15 is 0 Å². The van der Waals surface area contributed by atoms with E-state index in [0.29, 0.717) is 5.15 Å². The van der Waals surface area contributed by atoms with Gasteiger partial charge in [-0.25, -0.2) is 9.97 Å². The van der Waals surface area contributed by atoms with Crippen molar-refractivity contribution < 1.29 is 0 Å². The lowest BCUT2D eigenvalue weighted by molar-refractivity contribution is 0.829. The molecule has 0 atom stereocenters. The fraction of sp³-hybridized carbons (Fsp3) is 0.500. The summed E-state index contributed by atoms with van der Waals surface area (Å²) in [5, 5.41) is 3.79. The third kappa shape index (κ3) is 3.49. The van der Waals surface area contributed by atoms with Gasteiger partial charge >= 0.3 is 0 Å². The third-order valence-electron chi connectivity index (χ3n) is 2.25. The largest absolute Gasteiger partial charge is 0.369 e. The minimum absolute atomic E-state index is 0.541. The van der Waals surface area contributed by atoms with Crippen LogP contribution >= 0.6 is 11.6 Å². The highest BCUT2D eigenvalue weighted by Gasteiger charge is 2.08. The number of nitrogens with one attached hydrogen (secondary N) is 1. The van der Waals surface area contributed by atoms with Crippen molar-refractivity contribution in [2.75, 3.05) is 11.9 Å². The van der Waals surface area contributed by atoms with Crippen molar-refractivity contribution in [2.45, 2.75) is 33.1 Å². The molecule has 4 heteroatoms. The van der Waals surface area contributed by atoms with E-state index in [-0.39, 0.29) is 0 Å². The summed E-state index contributed by atoms with van der Waals surface area (Å²) in [7, 11) is 0. The van der Waals surface area contributed by atoms with E-state index in [2.05, 4.69) is 28.8 Å². The Kier molecular flexibility index (Phi) is 5.26. The van der Waals surface area contributed by atoms with Gasteiger partial charge in [0.05, 0.1) is 0 Å². The Hall–Kier alpha value is -1.09. The molecule has 0 amide bonds. The van der Waals surface area contributed by atoms with Crippen LogP contribution < -0.4 is 5.32 Å². The van der Waals surface area contributed by atoms with Gasteiger partial charge in [0.2, 0.25) is 0 Å². The first-order valence-corrected chi connectivity index (χ1v) is 5.94. The number of anilines is 1. The van der Waals surface area contributed by atoms with Crippen molar-refractivity contribution in [3.63, 3.8) is 0 Å². The van der Waals surface area contributed by atoms with Gasteiger partial charge in [-0.15, -0.1) is 6.58 Å². The summed E-state index contributed by atoms with van der Waals surface area (Å²) >= 11 is 6.06. The summed E-state index contributed by atoms with van der Waals surface area (Å²) in [5.41, 5.74) is 0.908. The van der Waals surface area contributed by atoms with Crippen LogP contribution in [0.25, 0.3) is 0 Å². The average Bonchev–Trinajstić information content (AvgIpc) is 2.25. The van der Waals surface area contributed by atoms with Crippen molar-refractivity contribution >= 4 is 17.4 Å². The molecule has 0 aliphatic heterocycles. The quantitative estimate of drug-likeness (QED) is 0.470. The number of aromatic nitrogens is 2. The number of halogens is 1. The average molecular weight is 240 g/mol. The molecule has 0 bridgehead atoms. The second kappa shape index (κ2) is 6.48. The van der Waals surface area contributed by atoms with Gasteiger partial charge in [-0.2, -0.15) is 0 Å². The number of hydrogen-bond acceptors (Lipinski definition) is 3. The van der Waals surface area contributed by atoms with Crippen LogP contribution in [0.2, 0.25) is 5.15 Å². The first kappa shape index (κ1) is 13.0. The molecule has 0 radical (unpaired) electrons. The van der Waals surface area contributed by atoms with Crippen LogP contribution in [0.5, 0.6) is 0 Å². The lowest BCUT2D eigenvalue weighted by Crippen LogP contribution is -2.08. The van der Waals surface area contributed by atoms with Crippen LogP contribution in [0.15, 0.2) is 12.7 Å². The normalized spacial score (nSPS) is 10.2. The molecule has 3 nitrogen and oxygen atoms in total. The maximum atomic E-state index is 6.06. The van der Waals surface area contributed by atoms with E-state index in [0.717, 1.165) is 43.0 Å². The Labute approximate surface area is 102 Å². The summed E-state index contributed by atoms with van der Waals surface area (Å²) in [6.45, 7) is 8.53. The van der Waals surface area contributed by atoms with Crippen LogP contribution in [0, 0.1) is 6.92 Å². The molecule has 88 valence electrons. The Balaban J connectivity index is 2.83. The molecule has 0 fully saturated rings. The van der Waals surface area contributed by atoms with Crippen LogP contribution in [-0.2, 0) is 6.42 Å². The van der Waals surface area contributed by atoms with E-state index in [4.69, 9.17) is 11.6 Å². The SMILES string of the molecule is C=CCCNc1nc(CCC)nc(Cl)c1C. The van der Waals surface area contributed by atoms with Gasteiger partial charge in [-0.3, -0.25) is 0 Å². The van der Waals surface area contributed by atoms with Gasteiger partial charge in [0.25, 0.3) is 0 Å². The highest BCUT2D eigenvalue weighted by molar-refractivity contribution is 6.30. The molecule has 0 saturated heterocycles. The van der Waals surface area contributed by atoms with Crippen LogP contribution in [0.3, 0.4) is 0 Å². The molecule has 0 spiro atoms. The van der Waals surface area contributed by atoms with Crippen LogP contribution in [0.1, 0.15) is 31.2 Å². The maximum Gasteiger partial charge on any atom is 0.137 e. The van der Waals surface area contributed by atoms with E-state index in [1.807, 2.05) is 13.0 Å². The Morgan fingerprint density at radius 3 is 2.81 bits per heavy atom. The number of aryl methyl sites for hydroxylation is 1. The predicted octanol–water partition coefficient (Wildman–Crippen LogP) is 3.38. The Morgan fingerprint density at radius 1 is 1.44 bits per heavy atom. The number of hydrogen-bond donors (Lipinski definition) is 1. The molecule has 1 N–H and O–H groups in total. The summed E-state index contributed by atoms with van der Waals surface area (Å²) in [6, 6.07) is 0. The fourth-order valence-electron chi connectivity index (χ4n) is 1.33. The van der Waals surface area contributed by atoms with Crippen molar-refractivity contribution in [1.29, 1.82) is 0 Å². The third-order valence-corrected chi connectivity index (χ3v) is 2.62. The molecule has 0 aliphatic rings. The zero-order valence-electron chi connectivity index (χ0n) is 9.89. The summed E-state index contributed by atoms with van der Waals surface area (Å²) < 4.78 is 0. The van der Waals surface area contributed by atoms with Gasteiger partial charge in [-0.1, -0.05) is 24.6 Å². The van der Waals surface area contributed by atoms with Crippen molar-refractivity contribution in [3.05, 3.63) is 29.2 Å². The monoisotopic (exact) mass is 239 g/mol. The first-order chi connectivity index (χ1) is 7.69. The topological polar surface area (TPSA) is 37.8 Å². The van der Waals surface area contributed by atoms with Gasteiger partial charge < -0.3 is 5.32 Å². The second-order valence-corrected chi connectivity index (χ2v) is 4.02. The minimum Gasteiger partial charge on any atom is -0.369 e. The molecule has 1 aromatic rings. The van der Waals surface area contributed by atoms with Crippen LogP contribution in [0.4, 0.5) is 5.82 Å². The summed E-state index contributed by atoms with van der Waals surface area (Å²) in [5.74, 6) is 1.64. The lowest BCUT2D eigenvalue weighted by atomic mass is 10.3. The molecule has 1 rings (SSSR count). The molecule has 16 heavy (non-hydrogen) atoms. The smallest absolute Gasteiger partial charge is 0.137 e. The van der Waals surface area contributed by atoms with Gasteiger partial charge in [0.1, 0.15) is 16.8 Å². The van der Waals surface area contributed by atoms with Gasteiger partial charge in [0.15, 0.2) is 0 Å². The molecule has 1 heterocycles. The van der Waals surface area contributed by atoms with E-state index in [1.54, 1.807) is 0 Å². The van der Waals surface area contributed by atoms with Crippen LogP contribution in [-0.4, -0.2) is 16.5 Å². The molecular weight excluding hydrogens is 222 g/mol. The zero-order valence-corrected chi connectivity index (χ0v) is 10.6. The first-order valence-electron chi connectivity index (χ1n) is 5.56. The van der Waals surface area contributed by atoms with Crippen molar-refractivity contribution in [2.24, 2.45) is 0 Å². The molecule has 1 aromatic heterocycles. The minimum atomic E-state index is 0.541. The number of rotatable bonds is 6. The second-order valence-electron chi connectivity index (χ2n) is 3.66. The molecule has 0 aliphatic carbocycles. The fourth-order valence-corrected chi connectivity index (χ4v) is 1.52. The molecule has 0 unspecified atom stereocenters. The van der Waals surface area contributed by atoms with Gasteiger partial charge in [-0.05, 0) is 19.8 Å². The predicted molar refractivity (Wildman–Crippen MR) is 69.1 cm³/mol. The standard InChI is InChI=1S/C12H18ClN3/c1-4-6-8-14-12-9(3)11(13)15-10(16-12)7-5-2/h4H,1,5-8H2,2-3H3,(H,14,15,16). The molecular formula is C12H18ClN3. The van der Waals surface area contributed by atoms with Gasteiger partial charge in [0, 0.05) is 18.5 Å². The van der Waals surface area contributed by atoms with E-state index in [1.165, 1.54) is 0 Å². The summed E-state index contributed by atoms with van der Waals surface area (Å²) in [6.07, 6.45) is 4.66. The Morgan fingerprint density at radius 2 is 2.19 bits per heavy atom. The molecule has 0 saturated carbocycles. The lowest BCUT2D eigenvalue weighted by Gasteiger charge is -2.10. The van der Waals surface area contributed by atoms with E-state index < -0.39 is 0 Å². The molecule has 0 aromatic carbocycles. The number of nitrogens with zero attached hydrogens (tertiary/aromatic N) is 2. The zero-order chi connectivity index (χ0) is 12.0. The van der Waals surface area contributed by atoms with E-state index in [9.17, 15) is 0 Å². The van der Waals surface area contributed by atoms with Crippen molar-refractivity contribution in [1.82, 2.24) is 9.97 Å². The van der Waals surface area contributed by atoms with Crippen molar-refractivity contribution in [3.8, 4) is 0 Å². The summed E-state index contributed by atoms with van der Waals surface area (Å²) in [4.78, 5) is 8.70. The highest BCUT2D eigenvalue weighted by atomic mass is 35.5. The highest BCUT2D eigenvalue weighted by Crippen LogP contribution is 2.20.